The highest BCUT2D eigenvalue weighted by Gasteiger charge is 2.56. The Morgan fingerprint density at radius 3 is 1.93 bits per heavy atom. The minimum Gasteiger partial charge on any atom is -0.467 e. The average Bonchev–Trinajstić information content (AvgIpc) is 2.63. The van der Waals surface area contributed by atoms with Crippen LogP contribution in [0.3, 0.4) is 0 Å². The van der Waals surface area contributed by atoms with Crippen LogP contribution in [-0.2, 0) is 14.9 Å². The van der Waals surface area contributed by atoms with Gasteiger partial charge in [0, 0.05) is 11.0 Å². The molecule has 1 aromatic carbocycles. The third kappa shape index (κ3) is 3.46. The second-order valence-corrected chi connectivity index (χ2v) is 10.5. The van der Waals surface area contributed by atoms with Crippen LogP contribution in [0.15, 0.2) is 24.3 Å². The Morgan fingerprint density at radius 1 is 1.00 bits per heavy atom. The third-order valence-electron chi connectivity index (χ3n) is 7.42. The first-order chi connectivity index (χ1) is 13.2. The van der Waals surface area contributed by atoms with Gasteiger partial charge in [0.2, 0.25) is 0 Å². The van der Waals surface area contributed by atoms with Crippen LogP contribution in [0.5, 0.6) is 0 Å². The van der Waals surface area contributed by atoms with Gasteiger partial charge in [-0.3, -0.25) is 4.79 Å². The number of esters is 1. The predicted molar refractivity (Wildman–Crippen MR) is 109 cm³/mol. The molecule has 0 spiro atoms. The summed E-state index contributed by atoms with van der Waals surface area (Å²) in [6.45, 7) is 6.47. The summed E-state index contributed by atoms with van der Waals surface area (Å²) in [5.74, 6) is 1.66. The molecule has 4 aliphatic carbocycles. The lowest BCUT2D eigenvalue weighted by Crippen LogP contribution is -2.60. The van der Waals surface area contributed by atoms with Gasteiger partial charge >= 0.3 is 5.97 Å². The second kappa shape index (κ2) is 6.89. The molecule has 1 N–H and O–H groups in total. The summed E-state index contributed by atoms with van der Waals surface area (Å²) in [4.78, 5) is 25.8. The first kappa shape index (κ1) is 19.5. The maximum Gasteiger partial charge on any atom is 0.328 e. The van der Waals surface area contributed by atoms with Crippen LogP contribution in [0.1, 0.15) is 75.2 Å². The van der Waals surface area contributed by atoms with Gasteiger partial charge in [-0.1, -0.05) is 32.9 Å². The molecule has 4 bridgehead atoms. The van der Waals surface area contributed by atoms with E-state index in [0.29, 0.717) is 23.3 Å². The summed E-state index contributed by atoms with van der Waals surface area (Å²) in [5, 5.41) is 3.09. The van der Waals surface area contributed by atoms with Gasteiger partial charge in [-0.2, -0.15) is 0 Å². The average molecular weight is 384 g/mol. The first-order valence-corrected chi connectivity index (χ1v) is 10.7. The fourth-order valence-corrected chi connectivity index (χ4v) is 6.45. The monoisotopic (exact) mass is 383 g/mol. The number of amides is 1. The quantitative estimate of drug-likeness (QED) is 0.781. The number of nitrogens with one attached hydrogen (secondary N) is 1. The molecule has 4 heteroatoms. The van der Waals surface area contributed by atoms with Gasteiger partial charge in [0.05, 0.1) is 7.11 Å². The van der Waals surface area contributed by atoms with Crippen molar-refractivity contribution in [2.75, 3.05) is 7.11 Å². The molecule has 4 nitrogen and oxygen atoms in total. The molecule has 0 aromatic heterocycles. The van der Waals surface area contributed by atoms with E-state index in [4.69, 9.17) is 4.74 Å². The standard InChI is InChI=1S/C24H33NO3/c1-23(2,3)19-7-5-18(6-8-19)21(26)25-20(22(27)28-4)24-12-15-9-16(13-24)11-17(10-15)14-24/h5-8,15-17,20H,9-14H2,1-4H3,(H,25,26)/t15?,16?,17?,20-,24?/m0/s1. The Hall–Kier alpha value is -1.84. The second-order valence-electron chi connectivity index (χ2n) is 10.5. The van der Waals surface area contributed by atoms with Gasteiger partial charge in [0.1, 0.15) is 6.04 Å². The molecule has 0 radical (unpaired) electrons. The van der Waals surface area contributed by atoms with E-state index in [1.54, 1.807) is 0 Å². The van der Waals surface area contributed by atoms with Gasteiger partial charge < -0.3 is 10.1 Å². The number of methoxy groups -OCH3 is 1. The number of carbonyl (C=O) groups is 2. The van der Waals surface area contributed by atoms with Gasteiger partial charge in [-0.15, -0.1) is 0 Å². The van der Waals surface area contributed by atoms with Crippen LogP contribution >= 0.6 is 0 Å². The SMILES string of the molecule is COC(=O)[C@H](NC(=O)c1ccc(C(C)(C)C)cc1)C12CC3CC(CC(C3)C1)C2. The van der Waals surface area contributed by atoms with Crippen molar-refractivity contribution in [3.63, 3.8) is 0 Å². The molecule has 28 heavy (non-hydrogen) atoms. The van der Waals surface area contributed by atoms with E-state index in [-0.39, 0.29) is 22.7 Å². The molecule has 0 aliphatic heterocycles. The molecule has 4 fully saturated rings. The van der Waals surface area contributed by atoms with E-state index < -0.39 is 6.04 Å². The minimum atomic E-state index is -0.541. The van der Waals surface area contributed by atoms with Crippen molar-refractivity contribution in [1.29, 1.82) is 0 Å². The highest BCUT2D eigenvalue weighted by atomic mass is 16.5. The highest BCUT2D eigenvalue weighted by Crippen LogP contribution is 2.61. The summed E-state index contributed by atoms with van der Waals surface area (Å²) >= 11 is 0. The maximum absolute atomic E-state index is 13.0. The summed E-state index contributed by atoms with van der Waals surface area (Å²) in [6, 6.07) is 7.20. The number of ether oxygens (including phenoxy) is 1. The Kier molecular flexibility index (Phi) is 4.79. The summed E-state index contributed by atoms with van der Waals surface area (Å²) in [6.07, 6.45) is 7.03. The lowest BCUT2D eigenvalue weighted by molar-refractivity contribution is -0.154. The highest BCUT2D eigenvalue weighted by molar-refractivity contribution is 5.97. The number of carbonyl (C=O) groups excluding carboxylic acids is 2. The van der Waals surface area contributed by atoms with E-state index in [1.807, 2.05) is 24.3 Å². The molecular weight excluding hydrogens is 350 g/mol. The van der Waals surface area contributed by atoms with Crippen molar-refractivity contribution in [2.24, 2.45) is 23.2 Å². The van der Waals surface area contributed by atoms with Crippen LogP contribution in [0, 0.1) is 23.2 Å². The van der Waals surface area contributed by atoms with Crippen molar-refractivity contribution >= 4 is 11.9 Å². The van der Waals surface area contributed by atoms with E-state index in [9.17, 15) is 9.59 Å². The van der Waals surface area contributed by atoms with Crippen molar-refractivity contribution in [3.05, 3.63) is 35.4 Å². The van der Waals surface area contributed by atoms with Crippen LogP contribution in [0.4, 0.5) is 0 Å². The number of rotatable bonds is 4. The molecule has 4 aliphatic rings. The van der Waals surface area contributed by atoms with Gasteiger partial charge in [-0.05, 0) is 79.4 Å². The molecule has 1 amide bonds. The first-order valence-electron chi connectivity index (χ1n) is 10.7. The smallest absolute Gasteiger partial charge is 0.328 e. The largest absolute Gasteiger partial charge is 0.467 e. The van der Waals surface area contributed by atoms with Crippen molar-refractivity contribution < 1.29 is 14.3 Å². The maximum atomic E-state index is 13.0. The molecule has 4 saturated carbocycles. The van der Waals surface area contributed by atoms with Crippen molar-refractivity contribution in [2.45, 2.75) is 70.8 Å². The van der Waals surface area contributed by atoms with Crippen LogP contribution < -0.4 is 5.32 Å². The lowest BCUT2D eigenvalue weighted by Gasteiger charge is -2.58. The molecule has 5 rings (SSSR count). The molecular formula is C24H33NO3. The lowest BCUT2D eigenvalue weighted by atomic mass is 9.47. The van der Waals surface area contributed by atoms with E-state index in [1.165, 1.54) is 31.9 Å². The molecule has 0 heterocycles. The Bertz CT molecular complexity index is 724. The molecule has 1 atom stereocenters. The van der Waals surface area contributed by atoms with Crippen molar-refractivity contribution in [1.82, 2.24) is 5.32 Å². The van der Waals surface area contributed by atoms with Crippen LogP contribution in [0.25, 0.3) is 0 Å². The summed E-state index contributed by atoms with van der Waals surface area (Å²) < 4.78 is 5.15. The fourth-order valence-electron chi connectivity index (χ4n) is 6.45. The van der Waals surface area contributed by atoms with E-state index in [0.717, 1.165) is 19.3 Å². The topological polar surface area (TPSA) is 55.4 Å². The zero-order chi connectivity index (χ0) is 20.1. The molecule has 1 aromatic rings. The number of benzene rings is 1. The van der Waals surface area contributed by atoms with Crippen LogP contribution in [-0.4, -0.2) is 25.0 Å². The third-order valence-corrected chi connectivity index (χ3v) is 7.42. The van der Waals surface area contributed by atoms with Gasteiger partial charge in [0.25, 0.3) is 5.91 Å². The number of hydrogen-bond donors (Lipinski definition) is 1. The normalized spacial score (nSPS) is 32.1. The Labute approximate surface area is 168 Å². The molecule has 0 saturated heterocycles. The Balaban J connectivity index is 1.56. The summed E-state index contributed by atoms with van der Waals surface area (Å²) in [5.41, 5.74) is 1.72. The number of hydrogen-bond acceptors (Lipinski definition) is 3. The van der Waals surface area contributed by atoms with E-state index in [2.05, 4.69) is 26.1 Å². The van der Waals surface area contributed by atoms with Crippen LogP contribution in [0.2, 0.25) is 0 Å². The van der Waals surface area contributed by atoms with Gasteiger partial charge in [0.15, 0.2) is 0 Å². The molecule has 0 unspecified atom stereocenters. The fraction of sp³-hybridized carbons (Fsp3) is 0.667. The Morgan fingerprint density at radius 2 is 1.50 bits per heavy atom. The van der Waals surface area contributed by atoms with Gasteiger partial charge in [-0.25, -0.2) is 4.79 Å². The zero-order valence-electron chi connectivity index (χ0n) is 17.6. The zero-order valence-corrected chi connectivity index (χ0v) is 17.6. The van der Waals surface area contributed by atoms with Crippen molar-refractivity contribution in [3.8, 4) is 0 Å². The van der Waals surface area contributed by atoms with E-state index >= 15 is 0 Å². The predicted octanol–water partition coefficient (Wildman–Crippen LogP) is 4.47. The molecule has 152 valence electrons. The summed E-state index contributed by atoms with van der Waals surface area (Å²) in [7, 11) is 1.43. The minimum absolute atomic E-state index is 0.0444.